The smallest absolute Gasteiger partial charge is 0.245 e. The molecule has 188 valence electrons. The predicted octanol–water partition coefficient (Wildman–Crippen LogP) is 5.97. The van der Waals surface area contributed by atoms with Gasteiger partial charge in [-0.3, -0.25) is 9.59 Å². The van der Waals surface area contributed by atoms with Crippen LogP contribution >= 0.6 is 0 Å². The largest absolute Gasteiger partial charge is 0.341 e. The van der Waals surface area contributed by atoms with Crippen LogP contribution in [0, 0.1) is 5.41 Å². The van der Waals surface area contributed by atoms with Crippen LogP contribution in [0.3, 0.4) is 0 Å². The van der Waals surface area contributed by atoms with Crippen LogP contribution in [0.25, 0.3) is 0 Å². The highest BCUT2D eigenvalue weighted by molar-refractivity contribution is 5.83. The van der Waals surface area contributed by atoms with Crippen LogP contribution in [0.4, 0.5) is 0 Å². The Labute approximate surface area is 199 Å². The van der Waals surface area contributed by atoms with Crippen molar-refractivity contribution in [2.75, 3.05) is 19.6 Å². The second-order valence-electron chi connectivity index (χ2n) is 8.86. The maximum atomic E-state index is 12.6. The number of rotatable bonds is 11. The first-order chi connectivity index (χ1) is 14.9. The van der Waals surface area contributed by atoms with Gasteiger partial charge in [0.2, 0.25) is 12.3 Å². The van der Waals surface area contributed by atoms with E-state index in [-0.39, 0.29) is 17.4 Å². The minimum absolute atomic E-state index is 0.0217. The number of carbonyl (C=O) groups is 2. The fourth-order valence-corrected chi connectivity index (χ4v) is 2.29. The Morgan fingerprint density at radius 3 is 1.88 bits per heavy atom. The van der Waals surface area contributed by atoms with Gasteiger partial charge in [0.25, 0.3) is 0 Å². The molecule has 0 heterocycles. The molecule has 0 fully saturated rings. The molecule has 0 aliphatic rings. The van der Waals surface area contributed by atoms with Crippen molar-refractivity contribution in [1.82, 2.24) is 9.80 Å². The van der Waals surface area contributed by atoms with Crippen molar-refractivity contribution in [2.45, 2.75) is 101 Å². The third-order valence-electron chi connectivity index (χ3n) is 5.07. The van der Waals surface area contributed by atoms with Crippen LogP contribution in [0.15, 0.2) is 36.5 Å². The van der Waals surface area contributed by atoms with Gasteiger partial charge in [-0.1, -0.05) is 78.8 Å². The van der Waals surface area contributed by atoms with Crippen molar-refractivity contribution in [2.24, 2.45) is 11.1 Å². The molecule has 0 aliphatic carbocycles. The number of allylic oxidation sites excluding steroid dienone is 4. The highest BCUT2D eigenvalue weighted by Crippen LogP contribution is 2.15. The lowest BCUT2D eigenvalue weighted by Crippen LogP contribution is -2.48. The number of hydrogen-bond acceptors (Lipinski definition) is 3. The zero-order valence-corrected chi connectivity index (χ0v) is 22.8. The summed E-state index contributed by atoms with van der Waals surface area (Å²) in [6.07, 6.45) is 11.2. The highest BCUT2D eigenvalue weighted by atomic mass is 16.2. The van der Waals surface area contributed by atoms with Crippen LogP contribution < -0.4 is 5.73 Å². The molecule has 2 N–H and O–H groups in total. The van der Waals surface area contributed by atoms with Gasteiger partial charge < -0.3 is 15.5 Å². The number of amides is 2. The van der Waals surface area contributed by atoms with E-state index in [1.54, 1.807) is 4.90 Å². The maximum absolute atomic E-state index is 12.6. The molecule has 32 heavy (non-hydrogen) atoms. The van der Waals surface area contributed by atoms with Crippen molar-refractivity contribution in [3.8, 4) is 0 Å². The lowest BCUT2D eigenvalue weighted by Gasteiger charge is -2.31. The lowest BCUT2D eigenvalue weighted by molar-refractivity contribution is -0.140. The molecule has 2 amide bonds. The molecule has 0 aromatic carbocycles. The van der Waals surface area contributed by atoms with Gasteiger partial charge in [-0.25, -0.2) is 0 Å². The van der Waals surface area contributed by atoms with Gasteiger partial charge in [0.05, 0.1) is 0 Å². The van der Waals surface area contributed by atoms with Crippen LogP contribution in [-0.2, 0) is 9.59 Å². The number of carbonyl (C=O) groups excluding carboxylic acids is 2. The fraction of sp³-hybridized carbons (Fsp3) is 0.704. The topological polar surface area (TPSA) is 66.6 Å². The monoisotopic (exact) mass is 451 g/mol. The van der Waals surface area contributed by atoms with E-state index in [0.717, 1.165) is 18.4 Å². The van der Waals surface area contributed by atoms with Gasteiger partial charge in [-0.05, 0) is 51.5 Å². The second-order valence-corrected chi connectivity index (χ2v) is 8.86. The first kappa shape index (κ1) is 34.7. The Kier molecular flexibility index (Phi) is 22.8. The van der Waals surface area contributed by atoms with E-state index in [0.29, 0.717) is 32.1 Å². The van der Waals surface area contributed by atoms with Gasteiger partial charge in [-0.2, -0.15) is 0 Å². The first-order valence-corrected chi connectivity index (χ1v) is 12.1. The van der Waals surface area contributed by atoms with Gasteiger partial charge in [-0.15, -0.1) is 0 Å². The fourth-order valence-electron chi connectivity index (χ4n) is 2.29. The van der Waals surface area contributed by atoms with E-state index >= 15 is 0 Å². The van der Waals surface area contributed by atoms with E-state index in [1.807, 2.05) is 63.8 Å². The average Bonchev–Trinajstić information content (AvgIpc) is 2.74. The molecule has 0 radical (unpaired) electrons. The van der Waals surface area contributed by atoms with Crippen molar-refractivity contribution in [3.05, 3.63) is 36.5 Å². The molecule has 0 bridgehead atoms. The van der Waals surface area contributed by atoms with Crippen LogP contribution in [-0.4, -0.2) is 53.8 Å². The van der Waals surface area contributed by atoms with E-state index in [2.05, 4.69) is 41.2 Å². The number of nitrogens with two attached hydrogens (primary N) is 1. The summed E-state index contributed by atoms with van der Waals surface area (Å²) in [4.78, 5) is 27.1. The van der Waals surface area contributed by atoms with E-state index in [4.69, 9.17) is 5.73 Å². The summed E-state index contributed by atoms with van der Waals surface area (Å²) in [5.41, 5.74) is 6.94. The third kappa shape index (κ3) is 16.8. The predicted molar refractivity (Wildman–Crippen MR) is 142 cm³/mol. The molecule has 5 nitrogen and oxygen atoms in total. The number of likely N-dealkylation sites (N-methyl/N-ethyl adjacent to an activating group) is 2. The Bertz CT molecular complexity index is 546. The lowest BCUT2D eigenvalue weighted by atomic mass is 9.89. The molecular formula is C27H53N3O2. The second kappa shape index (κ2) is 21.0. The van der Waals surface area contributed by atoms with E-state index < -0.39 is 0 Å². The number of hydrogen-bond donors (Lipinski definition) is 1. The summed E-state index contributed by atoms with van der Waals surface area (Å²) in [7, 11) is 0. The normalized spacial score (nSPS) is 13.2. The Balaban J connectivity index is -0.000000699. The number of nitrogens with zero attached hydrogens (tertiary/aromatic N) is 2. The molecule has 0 saturated carbocycles. The van der Waals surface area contributed by atoms with Crippen LogP contribution in [0.5, 0.6) is 0 Å². The van der Waals surface area contributed by atoms with Crippen molar-refractivity contribution in [3.63, 3.8) is 0 Å². The molecule has 0 saturated heterocycles. The van der Waals surface area contributed by atoms with Crippen LogP contribution in [0.2, 0.25) is 0 Å². The first-order valence-electron chi connectivity index (χ1n) is 12.1. The van der Waals surface area contributed by atoms with Crippen LogP contribution in [0.1, 0.15) is 88.5 Å². The van der Waals surface area contributed by atoms with Crippen molar-refractivity contribution >= 4 is 12.3 Å². The molecule has 2 atom stereocenters. The van der Waals surface area contributed by atoms with Gasteiger partial charge >= 0.3 is 0 Å². The molecule has 0 spiro atoms. The average molecular weight is 452 g/mol. The third-order valence-corrected chi connectivity index (χ3v) is 5.07. The zero-order chi connectivity index (χ0) is 25.7. The summed E-state index contributed by atoms with van der Waals surface area (Å²) >= 11 is 0. The molecule has 0 aromatic rings. The molecule has 0 rings (SSSR count). The molecular weight excluding hydrogens is 398 g/mol. The summed E-state index contributed by atoms with van der Waals surface area (Å²) in [5.74, 6) is 0.0217. The Morgan fingerprint density at radius 2 is 1.59 bits per heavy atom. The van der Waals surface area contributed by atoms with Crippen molar-refractivity contribution in [1.29, 1.82) is 0 Å². The van der Waals surface area contributed by atoms with Crippen molar-refractivity contribution < 1.29 is 9.59 Å². The minimum Gasteiger partial charge on any atom is -0.341 e. The summed E-state index contributed by atoms with van der Waals surface area (Å²) in [6.45, 7) is 26.1. The van der Waals surface area contributed by atoms with Gasteiger partial charge in [0, 0.05) is 25.7 Å². The molecule has 0 aliphatic heterocycles. The quantitative estimate of drug-likeness (QED) is 0.311. The summed E-state index contributed by atoms with van der Waals surface area (Å²) in [5, 5.41) is 0. The molecule has 2 unspecified atom stereocenters. The highest BCUT2D eigenvalue weighted by Gasteiger charge is 2.26. The van der Waals surface area contributed by atoms with E-state index in [9.17, 15) is 9.59 Å². The Morgan fingerprint density at radius 1 is 1.09 bits per heavy atom. The minimum atomic E-state index is -0.367. The maximum Gasteiger partial charge on any atom is 0.245 e. The molecule has 5 heteroatoms. The zero-order valence-electron chi connectivity index (χ0n) is 22.8. The van der Waals surface area contributed by atoms with Gasteiger partial charge in [0.1, 0.15) is 6.04 Å². The van der Waals surface area contributed by atoms with Gasteiger partial charge in [0.15, 0.2) is 0 Å². The van der Waals surface area contributed by atoms with E-state index in [1.165, 1.54) is 6.42 Å². The Hall–Kier alpha value is -1.88. The SMILES string of the molecule is C=C/C(=C\C=C/C)CCN(CC)C(=O)C(CC)N(C=O)CC.CC(N)C(C)(C)C.CCC. The summed E-state index contributed by atoms with van der Waals surface area (Å²) < 4.78 is 0. The standard InChI is InChI=1S/C18H30N2O2.C6H15N.C3H8/c1-6-11-12-16(7-2)13-14-19(9-4)18(22)17(8-3)20(10-5)15-21;1-5(7)6(2,3)4;1-3-2/h6-7,11-12,15,17H,2,8-10,13-14H2,1,3-5H3;5H,7H2,1-4H3;3H2,1-2H3/b11-6-,16-12+;;. The summed E-state index contributed by atoms with van der Waals surface area (Å²) in [6, 6.07) is -0.0679. The molecule has 0 aromatic heterocycles.